The summed E-state index contributed by atoms with van der Waals surface area (Å²) in [4.78, 5) is 11.9. The molecule has 0 heterocycles. The number of phenols is 1. The van der Waals surface area contributed by atoms with Crippen LogP contribution >= 0.6 is 0 Å². The van der Waals surface area contributed by atoms with Crippen LogP contribution in [0.25, 0.3) is 0 Å². The molecule has 0 aliphatic rings. The van der Waals surface area contributed by atoms with E-state index in [0.717, 1.165) is 5.56 Å². The molecular weight excluding hydrogens is 254 g/mol. The highest BCUT2D eigenvalue weighted by molar-refractivity contribution is 5.98. The van der Waals surface area contributed by atoms with Crippen LogP contribution in [0, 0.1) is 11.3 Å². The summed E-state index contributed by atoms with van der Waals surface area (Å²) >= 11 is 0. The lowest BCUT2D eigenvalue weighted by atomic mass is 10.1. The van der Waals surface area contributed by atoms with Crippen LogP contribution in [-0.2, 0) is 6.54 Å². The van der Waals surface area contributed by atoms with E-state index in [9.17, 15) is 9.90 Å². The lowest BCUT2D eigenvalue weighted by molar-refractivity contribution is 0.0948. The van der Waals surface area contributed by atoms with Crippen LogP contribution in [0.5, 0.6) is 5.75 Å². The molecule has 0 fully saturated rings. The van der Waals surface area contributed by atoms with E-state index >= 15 is 0 Å². The molecule has 5 nitrogen and oxygen atoms in total. The molecule has 0 aliphatic carbocycles. The maximum Gasteiger partial charge on any atom is 0.255 e. The van der Waals surface area contributed by atoms with Crippen molar-refractivity contribution < 1.29 is 9.90 Å². The summed E-state index contributed by atoms with van der Waals surface area (Å²) in [5.41, 5.74) is 7.26. The van der Waals surface area contributed by atoms with Gasteiger partial charge < -0.3 is 16.2 Å². The molecule has 0 aliphatic heterocycles. The molecule has 2 rings (SSSR count). The largest absolute Gasteiger partial charge is 0.505 e. The predicted molar refractivity (Wildman–Crippen MR) is 74.8 cm³/mol. The average molecular weight is 267 g/mol. The quantitative estimate of drug-likeness (QED) is 0.583. The number of carbonyl (C=O) groups is 1. The van der Waals surface area contributed by atoms with Gasteiger partial charge in [0.25, 0.3) is 5.91 Å². The third-order valence-corrected chi connectivity index (χ3v) is 2.85. The van der Waals surface area contributed by atoms with Crippen LogP contribution in [-0.4, -0.2) is 11.0 Å². The van der Waals surface area contributed by atoms with Crippen LogP contribution in [0.2, 0.25) is 0 Å². The molecule has 2 aromatic rings. The van der Waals surface area contributed by atoms with Crippen LogP contribution in [0.15, 0.2) is 42.5 Å². The van der Waals surface area contributed by atoms with Gasteiger partial charge in [-0.05, 0) is 29.8 Å². The summed E-state index contributed by atoms with van der Waals surface area (Å²) in [5, 5.41) is 21.1. The number of amides is 1. The van der Waals surface area contributed by atoms with Crippen molar-refractivity contribution in [1.29, 1.82) is 5.26 Å². The number of benzene rings is 2. The molecule has 2 aromatic carbocycles. The van der Waals surface area contributed by atoms with Crippen molar-refractivity contribution in [2.75, 3.05) is 5.73 Å². The summed E-state index contributed by atoms with van der Waals surface area (Å²) in [6.45, 7) is 0.304. The van der Waals surface area contributed by atoms with Crippen molar-refractivity contribution in [2.45, 2.75) is 6.54 Å². The van der Waals surface area contributed by atoms with E-state index in [4.69, 9.17) is 11.0 Å². The van der Waals surface area contributed by atoms with Gasteiger partial charge in [-0.2, -0.15) is 5.26 Å². The minimum absolute atomic E-state index is 0.138. The minimum atomic E-state index is -0.404. The van der Waals surface area contributed by atoms with E-state index in [1.165, 1.54) is 12.1 Å². The number of anilines is 1. The number of nitrogen functional groups attached to an aromatic ring is 1. The second-order valence-electron chi connectivity index (χ2n) is 4.23. The number of carbonyl (C=O) groups excluding carboxylic acids is 1. The lowest BCUT2D eigenvalue weighted by Gasteiger charge is -2.08. The Kier molecular flexibility index (Phi) is 3.87. The number of hydrogen-bond acceptors (Lipinski definition) is 4. The molecule has 0 saturated heterocycles. The van der Waals surface area contributed by atoms with Gasteiger partial charge in [0.05, 0.1) is 22.9 Å². The molecule has 5 heteroatoms. The van der Waals surface area contributed by atoms with Crippen molar-refractivity contribution in [3.05, 3.63) is 59.2 Å². The van der Waals surface area contributed by atoms with Gasteiger partial charge in [-0.1, -0.05) is 18.2 Å². The van der Waals surface area contributed by atoms with E-state index in [1.807, 2.05) is 6.07 Å². The number of nitrogens with zero attached hydrogens (tertiary/aromatic N) is 1. The Balaban J connectivity index is 2.05. The molecule has 100 valence electrons. The van der Waals surface area contributed by atoms with Crippen LogP contribution < -0.4 is 11.1 Å². The van der Waals surface area contributed by atoms with Gasteiger partial charge in [0.2, 0.25) is 0 Å². The number of hydrogen-bond donors (Lipinski definition) is 3. The first-order valence-corrected chi connectivity index (χ1v) is 5.96. The van der Waals surface area contributed by atoms with Crippen molar-refractivity contribution in [3.8, 4) is 11.8 Å². The van der Waals surface area contributed by atoms with E-state index in [-0.39, 0.29) is 17.0 Å². The first kappa shape index (κ1) is 13.4. The second kappa shape index (κ2) is 5.76. The third kappa shape index (κ3) is 2.87. The molecule has 0 atom stereocenters. The molecule has 1 amide bonds. The zero-order valence-corrected chi connectivity index (χ0v) is 10.6. The van der Waals surface area contributed by atoms with Gasteiger partial charge >= 0.3 is 0 Å². The van der Waals surface area contributed by atoms with E-state index in [0.29, 0.717) is 12.1 Å². The molecule has 0 unspecified atom stereocenters. The smallest absolute Gasteiger partial charge is 0.255 e. The Labute approximate surface area is 116 Å². The Hall–Kier alpha value is -3.00. The van der Waals surface area contributed by atoms with Crippen LogP contribution in [0.3, 0.4) is 0 Å². The first-order valence-electron chi connectivity index (χ1n) is 5.96. The van der Waals surface area contributed by atoms with Crippen molar-refractivity contribution in [2.24, 2.45) is 0 Å². The molecular formula is C15H13N3O2. The molecule has 0 aromatic heterocycles. The number of rotatable bonds is 3. The molecule has 0 saturated carbocycles. The highest BCUT2D eigenvalue weighted by Gasteiger charge is 2.12. The third-order valence-electron chi connectivity index (χ3n) is 2.85. The second-order valence-corrected chi connectivity index (χ2v) is 4.23. The lowest BCUT2D eigenvalue weighted by Crippen LogP contribution is -2.23. The zero-order chi connectivity index (χ0) is 14.5. The summed E-state index contributed by atoms with van der Waals surface area (Å²) in [5.74, 6) is -0.621. The summed E-state index contributed by atoms with van der Waals surface area (Å²) in [6, 6.07) is 13.5. The van der Waals surface area contributed by atoms with E-state index < -0.39 is 5.91 Å². The predicted octanol–water partition coefficient (Wildman–Crippen LogP) is 1.78. The SMILES string of the molecule is N#Cc1ccc(CNC(=O)c2cccc(N)c2O)cc1. The topological polar surface area (TPSA) is 99.1 Å². The summed E-state index contributed by atoms with van der Waals surface area (Å²) < 4.78 is 0. The van der Waals surface area contributed by atoms with E-state index in [1.54, 1.807) is 30.3 Å². The maximum absolute atomic E-state index is 11.9. The van der Waals surface area contributed by atoms with Gasteiger partial charge in [0, 0.05) is 6.54 Å². The van der Waals surface area contributed by atoms with Crippen molar-refractivity contribution in [3.63, 3.8) is 0 Å². The minimum Gasteiger partial charge on any atom is -0.505 e. The highest BCUT2D eigenvalue weighted by Crippen LogP contribution is 2.24. The summed E-state index contributed by atoms with van der Waals surface area (Å²) in [6.07, 6.45) is 0. The van der Waals surface area contributed by atoms with Gasteiger partial charge in [-0.15, -0.1) is 0 Å². The fourth-order valence-corrected chi connectivity index (χ4v) is 1.72. The van der Waals surface area contributed by atoms with Crippen LogP contribution in [0.4, 0.5) is 5.69 Å². The fraction of sp³-hybridized carbons (Fsp3) is 0.0667. The number of nitrogens with one attached hydrogen (secondary N) is 1. The number of para-hydroxylation sites is 1. The van der Waals surface area contributed by atoms with E-state index in [2.05, 4.69) is 5.32 Å². The van der Waals surface area contributed by atoms with Gasteiger partial charge in [-0.25, -0.2) is 0 Å². The Morgan fingerprint density at radius 1 is 1.25 bits per heavy atom. The Bertz CT molecular complexity index is 673. The molecule has 0 radical (unpaired) electrons. The summed E-state index contributed by atoms with van der Waals surface area (Å²) in [7, 11) is 0. The average Bonchev–Trinajstić information content (AvgIpc) is 2.48. The molecule has 0 bridgehead atoms. The van der Waals surface area contributed by atoms with Gasteiger partial charge in [0.1, 0.15) is 0 Å². The number of aromatic hydroxyl groups is 1. The van der Waals surface area contributed by atoms with Gasteiger partial charge in [0.15, 0.2) is 5.75 Å². The maximum atomic E-state index is 11.9. The molecule has 0 spiro atoms. The standard InChI is InChI=1S/C15H13N3O2/c16-8-10-4-6-11(7-5-10)9-18-15(20)12-2-1-3-13(17)14(12)19/h1-7,19H,9,17H2,(H,18,20). The monoisotopic (exact) mass is 267 g/mol. The molecule has 4 N–H and O–H groups in total. The van der Waals surface area contributed by atoms with Gasteiger partial charge in [-0.3, -0.25) is 4.79 Å². The zero-order valence-electron chi connectivity index (χ0n) is 10.6. The Morgan fingerprint density at radius 3 is 2.60 bits per heavy atom. The number of nitriles is 1. The highest BCUT2D eigenvalue weighted by atomic mass is 16.3. The fourth-order valence-electron chi connectivity index (χ4n) is 1.72. The van der Waals surface area contributed by atoms with Crippen molar-refractivity contribution >= 4 is 11.6 Å². The molecule has 20 heavy (non-hydrogen) atoms. The normalized spacial score (nSPS) is 9.75. The number of phenolic OH excluding ortho intramolecular Hbond substituents is 1. The van der Waals surface area contributed by atoms with Crippen molar-refractivity contribution in [1.82, 2.24) is 5.32 Å². The Morgan fingerprint density at radius 2 is 1.95 bits per heavy atom. The van der Waals surface area contributed by atoms with Crippen LogP contribution in [0.1, 0.15) is 21.5 Å². The number of nitrogens with two attached hydrogens (primary N) is 1. The first-order chi connectivity index (χ1) is 9.61.